The first-order valence-electron chi connectivity index (χ1n) is 14.4. The van der Waals surface area contributed by atoms with E-state index in [0.717, 1.165) is 88.9 Å². The van der Waals surface area contributed by atoms with Crippen LogP contribution in [0.1, 0.15) is 74.2 Å². The van der Waals surface area contributed by atoms with Gasteiger partial charge in [-0.2, -0.15) is 4.98 Å². The first-order chi connectivity index (χ1) is 18.6. The monoisotopic (exact) mass is 530 g/mol. The highest BCUT2D eigenvalue weighted by molar-refractivity contribution is 6.35. The molecule has 0 atom stereocenters. The number of piperidine rings is 1. The number of benzene rings is 2. The minimum atomic E-state index is -0.206. The van der Waals surface area contributed by atoms with Crippen LogP contribution in [0.4, 0.5) is 0 Å². The normalized spacial score (nSPS) is 21.9. The average molecular weight is 531 g/mol. The molecule has 7 heteroatoms. The smallest absolute Gasteiger partial charge is 0.282 e. The van der Waals surface area contributed by atoms with Crippen molar-refractivity contribution >= 4 is 28.8 Å². The molecule has 3 aromatic rings. The Labute approximate surface area is 228 Å². The zero-order chi connectivity index (χ0) is 25.9. The van der Waals surface area contributed by atoms with Gasteiger partial charge in [-0.05, 0) is 74.0 Å². The van der Waals surface area contributed by atoms with Crippen molar-refractivity contribution in [2.75, 3.05) is 32.7 Å². The SMILES string of the molecule is O=CCCN1CC(N2CCC(c3ccc4c(c3)-n3c(nc(=O)c5c(Cl)cccc53)C43CCCCC3)CC2)C1. The minimum absolute atomic E-state index is 0.176. The minimum Gasteiger partial charge on any atom is -0.303 e. The van der Waals surface area contributed by atoms with Gasteiger partial charge in [-0.15, -0.1) is 0 Å². The Morgan fingerprint density at radius 3 is 2.61 bits per heavy atom. The molecule has 3 aliphatic heterocycles. The Balaban J connectivity index is 1.21. The predicted octanol–water partition coefficient (Wildman–Crippen LogP) is 5.06. The van der Waals surface area contributed by atoms with Crippen LogP contribution in [0, 0.1) is 0 Å². The summed E-state index contributed by atoms with van der Waals surface area (Å²) < 4.78 is 2.27. The molecule has 4 aliphatic rings. The number of carbonyl (C=O) groups is 1. The van der Waals surface area contributed by atoms with E-state index in [2.05, 4.69) is 32.6 Å². The van der Waals surface area contributed by atoms with Crippen molar-refractivity contribution in [2.24, 2.45) is 0 Å². The number of hydrogen-bond acceptors (Lipinski definition) is 5. The van der Waals surface area contributed by atoms with Gasteiger partial charge in [0.2, 0.25) is 0 Å². The van der Waals surface area contributed by atoms with E-state index in [0.29, 0.717) is 28.8 Å². The highest BCUT2D eigenvalue weighted by Gasteiger charge is 2.46. The molecule has 6 nitrogen and oxygen atoms in total. The summed E-state index contributed by atoms with van der Waals surface area (Å²) in [6.07, 6.45) is 9.65. The van der Waals surface area contributed by atoms with Crippen LogP contribution in [-0.2, 0) is 10.2 Å². The highest BCUT2D eigenvalue weighted by atomic mass is 35.5. The van der Waals surface area contributed by atoms with Crippen molar-refractivity contribution in [1.29, 1.82) is 0 Å². The van der Waals surface area contributed by atoms with Crippen LogP contribution in [0.3, 0.4) is 0 Å². The van der Waals surface area contributed by atoms with E-state index in [1.807, 2.05) is 12.1 Å². The van der Waals surface area contributed by atoms with E-state index < -0.39 is 0 Å². The summed E-state index contributed by atoms with van der Waals surface area (Å²) >= 11 is 6.53. The van der Waals surface area contributed by atoms with Gasteiger partial charge in [-0.25, -0.2) is 0 Å². The molecule has 0 N–H and O–H groups in total. The number of likely N-dealkylation sites (tertiary alicyclic amines) is 2. The van der Waals surface area contributed by atoms with Gasteiger partial charge in [-0.1, -0.05) is 49.1 Å². The Hall–Kier alpha value is -2.54. The van der Waals surface area contributed by atoms with Gasteiger partial charge >= 0.3 is 0 Å². The van der Waals surface area contributed by atoms with Crippen molar-refractivity contribution in [3.63, 3.8) is 0 Å². The summed E-state index contributed by atoms with van der Waals surface area (Å²) in [5.74, 6) is 1.46. The van der Waals surface area contributed by atoms with Crippen LogP contribution in [-0.4, -0.2) is 64.4 Å². The van der Waals surface area contributed by atoms with Crippen LogP contribution < -0.4 is 5.56 Å². The number of carbonyl (C=O) groups excluding carboxylic acids is 1. The van der Waals surface area contributed by atoms with E-state index in [9.17, 15) is 9.59 Å². The first kappa shape index (κ1) is 24.5. The number of hydrogen-bond donors (Lipinski definition) is 0. The van der Waals surface area contributed by atoms with Gasteiger partial charge in [-0.3, -0.25) is 19.2 Å². The van der Waals surface area contributed by atoms with Crippen LogP contribution in [0.15, 0.2) is 41.2 Å². The molecule has 2 saturated heterocycles. The summed E-state index contributed by atoms with van der Waals surface area (Å²) in [4.78, 5) is 33.6. The zero-order valence-electron chi connectivity index (χ0n) is 21.9. The largest absolute Gasteiger partial charge is 0.303 e. The molecule has 0 radical (unpaired) electrons. The van der Waals surface area contributed by atoms with E-state index >= 15 is 0 Å². The molecule has 0 amide bonds. The lowest BCUT2D eigenvalue weighted by molar-refractivity contribution is -0.108. The third-order valence-electron chi connectivity index (χ3n) is 9.80. The second kappa shape index (κ2) is 9.58. The summed E-state index contributed by atoms with van der Waals surface area (Å²) in [5, 5.41) is 1.00. The van der Waals surface area contributed by atoms with Gasteiger partial charge in [0, 0.05) is 32.1 Å². The molecule has 0 unspecified atom stereocenters. The van der Waals surface area contributed by atoms with E-state index in [-0.39, 0.29) is 11.0 Å². The maximum Gasteiger partial charge on any atom is 0.282 e. The van der Waals surface area contributed by atoms with Crippen LogP contribution in [0.2, 0.25) is 5.02 Å². The van der Waals surface area contributed by atoms with Gasteiger partial charge in [0.15, 0.2) is 0 Å². The van der Waals surface area contributed by atoms with Crippen molar-refractivity contribution in [3.8, 4) is 5.69 Å². The topological polar surface area (TPSA) is 58.4 Å². The third-order valence-corrected chi connectivity index (χ3v) is 10.1. The summed E-state index contributed by atoms with van der Waals surface area (Å²) in [5.41, 5.74) is 4.44. The quantitative estimate of drug-likeness (QED) is 0.432. The molecular formula is C31H35ClN4O2. The first-order valence-corrected chi connectivity index (χ1v) is 14.7. The van der Waals surface area contributed by atoms with Crippen molar-refractivity contribution in [3.05, 3.63) is 68.7 Å². The van der Waals surface area contributed by atoms with Crippen LogP contribution >= 0.6 is 11.6 Å². The average Bonchev–Trinajstić information content (AvgIpc) is 3.17. The number of halogens is 1. The highest BCUT2D eigenvalue weighted by Crippen LogP contribution is 2.52. The molecule has 1 aromatic heterocycles. The Kier molecular flexibility index (Phi) is 6.18. The lowest BCUT2D eigenvalue weighted by Crippen LogP contribution is -2.60. The van der Waals surface area contributed by atoms with Crippen molar-refractivity contribution < 1.29 is 4.79 Å². The summed E-state index contributed by atoms with van der Waals surface area (Å²) in [7, 11) is 0. The molecule has 4 heterocycles. The molecular weight excluding hydrogens is 496 g/mol. The summed E-state index contributed by atoms with van der Waals surface area (Å²) in [6.45, 7) is 5.34. The maximum atomic E-state index is 13.2. The van der Waals surface area contributed by atoms with Crippen LogP contribution in [0.25, 0.3) is 16.6 Å². The predicted molar refractivity (Wildman–Crippen MR) is 151 cm³/mol. The fraction of sp³-hybridized carbons (Fsp3) is 0.516. The Bertz CT molecular complexity index is 1450. The van der Waals surface area contributed by atoms with Gasteiger partial charge < -0.3 is 4.79 Å². The molecule has 2 aromatic carbocycles. The van der Waals surface area contributed by atoms with Gasteiger partial charge in [0.1, 0.15) is 12.1 Å². The van der Waals surface area contributed by atoms with Gasteiger partial charge in [0.05, 0.1) is 27.0 Å². The standard InChI is InChI=1S/C31H35ClN4O2/c32-25-6-4-7-26-28(25)29(38)33-30-31(12-2-1-3-13-31)24-9-8-22(18-27(24)36(26)30)21-10-15-35(16-11-21)23-19-34(20-23)14-5-17-37/h4,6-9,17-18,21,23H,1-3,5,10-16,19-20H2. The fourth-order valence-corrected chi connectivity index (χ4v) is 7.99. The molecule has 38 heavy (non-hydrogen) atoms. The molecule has 198 valence electrons. The maximum absolute atomic E-state index is 13.2. The number of rotatable bonds is 5. The number of aldehydes is 1. The molecule has 7 rings (SSSR count). The third kappa shape index (κ3) is 3.79. The molecule has 0 bridgehead atoms. The second-order valence-corrected chi connectivity index (χ2v) is 12.2. The summed E-state index contributed by atoms with van der Waals surface area (Å²) in [6, 6.07) is 13.5. The van der Waals surface area contributed by atoms with Crippen molar-refractivity contribution in [1.82, 2.24) is 19.4 Å². The Morgan fingerprint density at radius 1 is 1.05 bits per heavy atom. The number of fused-ring (bicyclic) bond motifs is 7. The van der Waals surface area contributed by atoms with Crippen molar-refractivity contribution in [2.45, 2.75) is 68.7 Å². The zero-order valence-corrected chi connectivity index (χ0v) is 22.6. The number of nitrogens with zero attached hydrogens (tertiary/aromatic N) is 4. The second-order valence-electron chi connectivity index (χ2n) is 11.8. The molecule has 3 fully saturated rings. The van der Waals surface area contributed by atoms with Gasteiger partial charge in [0.25, 0.3) is 5.56 Å². The van der Waals surface area contributed by atoms with Crippen LogP contribution in [0.5, 0.6) is 0 Å². The molecule has 1 spiro atoms. The van der Waals surface area contributed by atoms with E-state index in [4.69, 9.17) is 16.6 Å². The lowest BCUT2D eigenvalue weighted by atomic mass is 9.69. The number of aromatic nitrogens is 2. The van der Waals surface area contributed by atoms with E-state index in [1.165, 1.54) is 23.2 Å². The molecule has 1 aliphatic carbocycles. The molecule has 1 saturated carbocycles. The fourth-order valence-electron chi connectivity index (χ4n) is 7.74. The Morgan fingerprint density at radius 2 is 1.84 bits per heavy atom. The lowest BCUT2D eigenvalue weighted by Gasteiger charge is -2.47. The van der Waals surface area contributed by atoms with E-state index in [1.54, 1.807) is 6.07 Å².